The molecule has 1 fully saturated rings. The van der Waals surface area contributed by atoms with Gasteiger partial charge in [0.05, 0.1) is 0 Å². The van der Waals surface area contributed by atoms with E-state index in [4.69, 9.17) is 12.2 Å². The molecule has 1 heterocycles. The first-order valence-electron chi connectivity index (χ1n) is 5.92. The second-order valence-corrected chi connectivity index (χ2v) is 5.31. The highest BCUT2D eigenvalue weighted by atomic mass is 32.1. The molecule has 1 aliphatic rings. The van der Waals surface area contributed by atoms with Crippen LogP contribution >= 0.6 is 12.2 Å². The maximum Gasteiger partial charge on any atom is 0.166 e. The van der Waals surface area contributed by atoms with E-state index in [-0.39, 0.29) is 0 Å². The molecule has 1 rings (SSSR count). The van der Waals surface area contributed by atoms with E-state index >= 15 is 0 Å². The van der Waals surface area contributed by atoms with Crippen LogP contribution in [0, 0.1) is 0 Å². The maximum absolute atomic E-state index is 5.21. The molecule has 5 heteroatoms. The van der Waals surface area contributed by atoms with Crippen molar-refractivity contribution in [2.45, 2.75) is 25.9 Å². The first-order valence-corrected chi connectivity index (χ1v) is 6.33. The summed E-state index contributed by atoms with van der Waals surface area (Å²) in [6.45, 7) is 8.49. The predicted octanol–water partition coefficient (Wildman–Crippen LogP) is 0.105. The topological polar surface area (TPSA) is 30.5 Å². The summed E-state index contributed by atoms with van der Waals surface area (Å²) in [5.74, 6) is 0. The van der Waals surface area contributed by atoms with Gasteiger partial charge < -0.3 is 15.5 Å². The lowest BCUT2D eigenvalue weighted by atomic mass is 10.2. The van der Waals surface area contributed by atoms with Gasteiger partial charge in [0.2, 0.25) is 0 Å². The Morgan fingerprint density at radius 1 is 1.38 bits per heavy atom. The van der Waals surface area contributed by atoms with Gasteiger partial charge in [-0.3, -0.25) is 4.90 Å². The molecule has 16 heavy (non-hydrogen) atoms. The summed E-state index contributed by atoms with van der Waals surface area (Å²) >= 11 is 5.21. The van der Waals surface area contributed by atoms with E-state index in [9.17, 15) is 0 Å². The van der Waals surface area contributed by atoms with Gasteiger partial charge in [-0.2, -0.15) is 0 Å². The summed E-state index contributed by atoms with van der Waals surface area (Å²) in [6.07, 6.45) is 0. The van der Waals surface area contributed by atoms with Crippen LogP contribution in [0.15, 0.2) is 0 Å². The molecule has 1 saturated heterocycles. The normalized spacial score (nSPS) is 23.4. The molecule has 0 saturated carbocycles. The minimum atomic E-state index is 0.395. The fourth-order valence-corrected chi connectivity index (χ4v) is 2.16. The predicted molar refractivity (Wildman–Crippen MR) is 72.8 cm³/mol. The maximum atomic E-state index is 5.21. The van der Waals surface area contributed by atoms with Crippen molar-refractivity contribution in [2.24, 2.45) is 0 Å². The molecule has 94 valence electrons. The first-order chi connectivity index (χ1) is 7.49. The van der Waals surface area contributed by atoms with Crippen LogP contribution in [0.1, 0.15) is 13.8 Å². The van der Waals surface area contributed by atoms with Crippen LogP contribution in [0.25, 0.3) is 0 Å². The third-order valence-corrected chi connectivity index (χ3v) is 3.16. The van der Waals surface area contributed by atoms with Crippen LogP contribution in [0.3, 0.4) is 0 Å². The molecule has 0 bridgehead atoms. The number of hydrogen-bond donors (Lipinski definition) is 2. The number of hydrogen-bond acceptors (Lipinski definition) is 3. The number of nitrogens with one attached hydrogen (secondary N) is 2. The second-order valence-electron chi connectivity index (χ2n) is 4.91. The zero-order chi connectivity index (χ0) is 12.1. The van der Waals surface area contributed by atoms with Gasteiger partial charge in [0.1, 0.15) is 0 Å². The molecule has 1 atom stereocenters. The zero-order valence-corrected chi connectivity index (χ0v) is 11.6. The van der Waals surface area contributed by atoms with Gasteiger partial charge in [0, 0.05) is 38.3 Å². The fraction of sp³-hybridized carbons (Fsp3) is 0.909. The fourth-order valence-electron chi connectivity index (χ4n) is 1.85. The average Bonchev–Trinajstić information content (AvgIpc) is 2.18. The summed E-state index contributed by atoms with van der Waals surface area (Å²) in [4.78, 5) is 4.76. The van der Waals surface area contributed by atoms with Crippen LogP contribution < -0.4 is 10.6 Å². The minimum absolute atomic E-state index is 0.395. The van der Waals surface area contributed by atoms with E-state index in [1.807, 2.05) is 0 Å². The Bertz CT molecular complexity index is 232. The molecule has 0 aromatic heterocycles. The Morgan fingerprint density at radius 3 is 2.69 bits per heavy atom. The first kappa shape index (κ1) is 13.7. The SMILES string of the molecule is CC(C)NC(=S)NCC1CN(C)CCN1C. The van der Waals surface area contributed by atoms with Gasteiger partial charge in [-0.15, -0.1) is 0 Å². The van der Waals surface area contributed by atoms with E-state index < -0.39 is 0 Å². The van der Waals surface area contributed by atoms with Crippen molar-refractivity contribution in [3.05, 3.63) is 0 Å². The Hall–Kier alpha value is -0.390. The van der Waals surface area contributed by atoms with Crippen molar-refractivity contribution in [1.29, 1.82) is 0 Å². The minimum Gasteiger partial charge on any atom is -0.361 e. The number of piperazine rings is 1. The molecular weight excluding hydrogens is 220 g/mol. The molecule has 0 aromatic rings. The summed E-state index contributed by atoms with van der Waals surface area (Å²) in [6, 6.07) is 0.942. The van der Waals surface area contributed by atoms with Gasteiger partial charge in [-0.05, 0) is 40.2 Å². The number of likely N-dealkylation sites (N-methyl/N-ethyl adjacent to an activating group) is 2. The highest BCUT2D eigenvalue weighted by Gasteiger charge is 2.21. The molecule has 0 spiro atoms. The lowest BCUT2D eigenvalue weighted by molar-refractivity contribution is 0.116. The highest BCUT2D eigenvalue weighted by molar-refractivity contribution is 7.80. The van der Waals surface area contributed by atoms with Gasteiger partial charge in [0.25, 0.3) is 0 Å². The summed E-state index contributed by atoms with van der Waals surface area (Å²) in [5, 5.41) is 7.24. The third kappa shape index (κ3) is 4.63. The Labute approximate surface area is 104 Å². The van der Waals surface area contributed by atoms with Crippen LogP contribution in [0.2, 0.25) is 0 Å². The number of rotatable bonds is 3. The van der Waals surface area contributed by atoms with E-state index in [1.165, 1.54) is 0 Å². The van der Waals surface area contributed by atoms with E-state index in [0.717, 1.165) is 31.3 Å². The van der Waals surface area contributed by atoms with Crippen molar-refractivity contribution in [2.75, 3.05) is 40.3 Å². The Kier molecular flexibility index (Phi) is 5.44. The quantitative estimate of drug-likeness (QED) is 0.688. The van der Waals surface area contributed by atoms with Crippen LogP contribution in [0.4, 0.5) is 0 Å². The number of nitrogens with zero attached hydrogens (tertiary/aromatic N) is 2. The molecule has 0 radical (unpaired) electrons. The molecule has 0 aromatic carbocycles. The highest BCUT2D eigenvalue weighted by Crippen LogP contribution is 2.04. The van der Waals surface area contributed by atoms with Crippen molar-refractivity contribution >= 4 is 17.3 Å². The molecule has 1 aliphatic heterocycles. The van der Waals surface area contributed by atoms with Crippen molar-refractivity contribution in [1.82, 2.24) is 20.4 Å². The molecule has 4 nitrogen and oxygen atoms in total. The molecule has 0 aliphatic carbocycles. The lowest BCUT2D eigenvalue weighted by Gasteiger charge is -2.38. The van der Waals surface area contributed by atoms with Crippen molar-refractivity contribution in [3.8, 4) is 0 Å². The summed E-state index contributed by atoms with van der Waals surface area (Å²) < 4.78 is 0. The Balaban J connectivity index is 2.27. The molecule has 1 unspecified atom stereocenters. The van der Waals surface area contributed by atoms with Gasteiger partial charge in [-0.25, -0.2) is 0 Å². The van der Waals surface area contributed by atoms with Crippen LogP contribution in [0.5, 0.6) is 0 Å². The lowest BCUT2D eigenvalue weighted by Crippen LogP contribution is -2.55. The van der Waals surface area contributed by atoms with Gasteiger partial charge in [0.15, 0.2) is 5.11 Å². The largest absolute Gasteiger partial charge is 0.361 e. The van der Waals surface area contributed by atoms with E-state index in [2.05, 4.69) is 48.4 Å². The van der Waals surface area contributed by atoms with Gasteiger partial charge >= 0.3 is 0 Å². The monoisotopic (exact) mass is 244 g/mol. The van der Waals surface area contributed by atoms with Crippen LogP contribution in [-0.2, 0) is 0 Å². The molecule has 2 N–H and O–H groups in total. The number of thiocarbonyl (C=S) groups is 1. The standard InChI is InChI=1S/C11H24N4S/c1-9(2)13-11(16)12-7-10-8-14(3)5-6-15(10)4/h9-10H,5-8H2,1-4H3,(H2,12,13,16). The molecular formula is C11H24N4S. The third-order valence-electron chi connectivity index (χ3n) is 2.90. The Morgan fingerprint density at radius 2 is 2.06 bits per heavy atom. The summed E-state index contributed by atoms with van der Waals surface area (Å²) in [5.41, 5.74) is 0. The summed E-state index contributed by atoms with van der Waals surface area (Å²) in [7, 11) is 4.35. The smallest absolute Gasteiger partial charge is 0.166 e. The van der Waals surface area contributed by atoms with Gasteiger partial charge in [-0.1, -0.05) is 0 Å². The second kappa shape index (κ2) is 6.37. The van der Waals surface area contributed by atoms with E-state index in [1.54, 1.807) is 0 Å². The van der Waals surface area contributed by atoms with Crippen LogP contribution in [-0.4, -0.2) is 67.3 Å². The average molecular weight is 244 g/mol. The van der Waals surface area contributed by atoms with Crippen molar-refractivity contribution in [3.63, 3.8) is 0 Å². The van der Waals surface area contributed by atoms with E-state index in [0.29, 0.717) is 12.1 Å². The van der Waals surface area contributed by atoms with Crippen molar-refractivity contribution < 1.29 is 0 Å². The zero-order valence-electron chi connectivity index (χ0n) is 10.8. The molecule has 0 amide bonds.